The lowest BCUT2D eigenvalue weighted by Gasteiger charge is -2.12. The molecule has 2 rings (SSSR count). The highest BCUT2D eigenvalue weighted by Crippen LogP contribution is 2.51. The molecule has 2 N–H and O–H groups in total. The lowest BCUT2D eigenvalue weighted by Crippen LogP contribution is -2.36. The van der Waals surface area contributed by atoms with Crippen LogP contribution < -0.4 is 5.32 Å². The van der Waals surface area contributed by atoms with Crippen LogP contribution in [0.4, 0.5) is 0 Å². The number of nitrogens with one attached hydrogen (secondary N) is 1. The first-order valence-electron chi connectivity index (χ1n) is 7.18. The molecular weight excluding hydrogens is 242 g/mol. The van der Waals surface area contributed by atoms with Crippen LogP contribution in [0.15, 0.2) is 0 Å². The van der Waals surface area contributed by atoms with Gasteiger partial charge in [-0.3, -0.25) is 9.59 Å². The van der Waals surface area contributed by atoms with Gasteiger partial charge >= 0.3 is 5.97 Å². The van der Waals surface area contributed by atoms with Crippen LogP contribution in [0.1, 0.15) is 60.3 Å². The Labute approximate surface area is 116 Å². The van der Waals surface area contributed by atoms with Gasteiger partial charge in [-0.05, 0) is 38.5 Å². The maximum absolute atomic E-state index is 11.1. The van der Waals surface area contributed by atoms with Crippen LogP contribution in [0.25, 0.3) is 0 Å². The molecule has 19 heavy (non-hydrogen) atoms. The first-order chi connectivity index (χ1) is 8.63. The molecule has 0 aliphatic heterocycles. The van der Waals surface area contributed by atoms with Crippen molar-refractivity contribution in [2.24, 2.45) is 17.3 Å². The lowest BCUT2D eigenvalue weighted by atomic mass is 9.93. The molecule has 4 nitrogen and oxygen atoms in total. The van der Waals surface area contributed by atoms with Crippen molar-refractivity contribution in [3.05, 3.63) is 0 Å². The zero-order chi connectivity index (χ0) is 14.8. The van der Waals surface area contributed by atoms with E-state index in [1.165, 1.54) is 0 Å². The van der Waals surface area contributed by atoms with Crippen LogP contribution in [-0.4, -0.2) is 22.5 Å². The number of carbonyl (C=O) groups is 2. The van der Waals surface area contributed by atoms with Crippen LogP contribution in [0.2, 0.25) is 0 Å². The molecule has 0 bridgehead atoms. The van der Waals surface area contributed by atoms with E-state index >= 15 is 0 Å². The van der Waals surface area contributed by atoms with Gasteiger partial charge in [-0.15, -0.1) is 0 Å². The number of carboxylic acids is 1. The van der Waals surface area contributed by atoms with Crippen LogP contribution in [0.3, 0.4) is 0 Å². The summed E-state index contributed by atoms with van der Waals surface area (Å²) in [5, 5.41) is 11.7. The average Bonchev–Trinajstić information content (AvgIpc) is 3.14. The van der Waals surface area contributed by atoms with E-state index in [-0.39, 0.29) is 22.8 Å². The summed E-state index contributed by atoms with van der Waals surface area (Å²) in [7, 11) is 0. The normalized spacial score (nSPS) is 21.4. The Morgan fingerprint density at radius 1 is 1.05 bits per heavy atom. The summed E-state index contributed by atoms with van der Waals surface area (Å²) in [6.45, 7) is 9.87. The Hall–Kier alpha value is -1.06. The third-order valence-electron chi connectivity index (χ3n) is 4.27. The Kier molecular flexibility index (Phi) is 4.64. The fourth-order valence-corrected chi connectivity index (χ4v) is 1.93. The van der Waals surface area contributed by atoms with E-state index < -0.39 is 5.97 Å². The summed E-state index contributed by atoms with van der Waals surface area (Å²) in [6, 6.07) is 0. The third-order valence-corrected chi connectivity index (χ3v) is 4.27. The summed E-state index contributed by atoms with van der Waals surface area (Å²) in [4.78, 5) is 21.6. The average molecular weight is 269 g/mol. The highest BCUT2D eigenvalue weighted by atomic mass is 16.4. The molecule has 2 aliphatic carbocycles. The minimum Gasteiger partial charge on any atom is -0.481 e. The molecule has 0 radical (unpaired) electrons. The molecule has 110 valence electrons. The van der Waals surface area contributed by atoms with E-state index in [1.807, 2.05) is 27.7 Å². The molecule has 1 amide bonds. The van der Waals surface area contributed by atoms with Gasteiger partial charge in [0, 0.05) is 11.5 Å². The Balaban J connectivity index is 0.000000191. The zero-order valence-corrected chi connectivity index (χ0v) is 12.7. The van der Waals surface area contributed by atoms with Crippen molar-refractivity contribution < 1.29 is 14.7 Å². The molecule has 0 unspecified atom stereocenters. The van der Waals surface area contributed by atoms with Gasteiger partial charge in [-0.25, -0.2) is 0 Å². The maximum Gasteiger partial charge on any atom is 0.309 e. The summed E-state index contributed by atoms with van der Waals surface area (Å²) in [5.74, 6) is -0.00933. The zero-order valence-electron chi connectivity index (χ0n) is 12.7. The van der Waals surface area contributed by atoms with Gasteiger partial charge in [0.15, 0.2) is 0 Å². The number of rotatable bonds is 4. The highest BCUT2D eigenvalue weighted by molar-refractivity contribution is 5.79. The second-order valence-electron chi connectivity index (χ2n) is 6.82. The van der Waals surface area contributed by atoms with E-state index in [4.69, 9.17) is 5.11 Å². The topological polar surface area (TPSA) is 66.4 Å². The van der Waals surface area contributed by atoms with Gasteiger partial charge in [0.2, 0.25) is 5.91 Å². The van der Waals surface area contributed by atoms with Crippen molar-refractivity contribution >= 4 is 11.9 Å². The number of aliphatic carboxylic acids is 1. The van der Waals surface area contributed by atoms with Crippen molar-refractivity contribution in [2.75, 3.05) is 0 Å². The van der Waals surface area contributed by atoms with Gasteiger partial charge in [-0.2, -0.15) is 0 Å². The minimum atomic E-state index is -0.613. The number of hydrogen-bond acceptors (Lipinski definition) is 2. The van der Waals surface area contributed by atoms with Crippen molar-refractivity contribution in [3.63, 3.8) is 0 Å². The second-order valence-corrected chi connectivity index (χ2v) is 6.82. The van der Waals surface area contributed by atoms with Crippen molar-refractivity contribution in [1.82, 2.24) is 5.32 Å². The van der Waals surface area contributed by atoms with Crippen molar-refractivity contribution in [2.45, 2.75) is 65.8 Å². The molecule has 2 aliphatic rings. The molecule has 0 saturated heterocycles. The molecule has 2 fully saturated rings. The number of carboxylic acid groups (broad SMARTS) is 1. The van der Waals surface area contributed by atoms with E-state index in [0.29, 0.717) is 5.92 Å². The molecule has 2 saturated carbocycles. The van der Waals surface area contributed by atoms with Crippen LogP contribution in [0, 0.1) is 17.3 Å². The van der Waals surface area contributed by atoms with Crippen LogP contribution >= 0.6 is 0 Å². The highest BCUT2D eigenvalue weighted by Gasteiger charge is 2.52. The Bertz CT molecular complexity index is 352. The summed E-state index contributed by atoms with van der Waals surface area (Å²) in [6.07, 6.45) is 4.04. The first kappa shape index (κ1) is 16.0. The van der Waals surface area contributed by atoms with Gasteiger partial charge < -0.3 is 10.4 Å². The van der Waals surface area contributed by atoms with Crippen LogP contribution in [0.5, 0.6) is 0 Å². The van der Waals surface area contributed by atoms with E-state index in [2.05, 4.69) is 12.2 Å². The summed E-state index contributed by atoms with van der Waals surface area (Å²) < 4.78 is 0. The molecule has 0 atom stereocenters. The summed E-state index contributed by atoms with van der Waals surface area (Å²) in [5.41, 5.74) is -0.179. The predicted molar refractivity (Wildman–Crippen MR) is 74.8 cm³/mol. The smallest absolute Gasteiger partial charge is 0.309 e. The first-order valence-corrected chi connectivity index (χ1v) is 7.18. The van der Waals surface area contributed by atoms with Gasteiger partial charge in [-0.1, -0.05) is 27.7 Å². The minimum absolute atomic E-state index is 0.123. The van der Waals surface area contributed by atoms with Gasteiger partial charge in [0.25, 0.3) is 0 Å². The number of amides is 1. The predicted octanol–water partition coefficient (Wildman–Crippen LogP) is 2.82. The van der Waals surface area contributed by atoms with E-state index in [0.717, 1.165) is 25.7 Å². The maximum atomic E-state index is 11.1. The molecule has 0 spiro atoms. The SMILES string of the molecule is CC(C)C(=O)NC1(C)CC1.CC(C)C1(C(=O)O)CC1. The lowest BCUT2D eigenvalue weighted by molar-refractivity contribution is -0.145. The fraction of sp³-hybridized carbons (Fsp3) is 0.867. The van der Waals surface area contributed by atoms with E-state index in [9.17, 15) is 9.59 Å². The van der Waals surface area contributed by atoms with Gasteiger partial charge in [0.05, 0.1) is 5.41 Å². The van der Waals surface area contributed by atoms with Crippen molar-refractivity contribution in [3.8, 4) is 0 Å². The standard InChI is InChI=1S/C8H15NO.C7H12O2/c1-6(2)7(10)9-8(3)4-5-8;1-5(2)7(3-4-7)6(8)9/h6H,4-5H2,1-3H3,(H,9,10);5H,3-4H2,1-2H3,(H,8,9). The molecule has 0 aromatic rings. The Morgan fingerprint density at radius 2 is 1.53 bits per heavy atom. The molecule has 0 aromatic carbocycles. The molecular formula is C15H27NO3. The number of hydrogen-bond donors (Lipinski definition) is 2. The molecule has 0 heterocycles. The van der Waals surface area contributed by atoms with E-state index in [1.54, 1.807) is 0 Å². The monoisotopic (exact) mass is 269 g/mol. The largest absolute Gasteiger partial charge is 0.481 e. The quantitative estimate of drug-likeness (QED) is 0.824. The third kappa shape index (κ3) is 4.22. The Morgan fingerprint density at radius 3 is 1.68 bits per heavy atom. The molecule has 0 aromatic heterocycles. The second kappa shape index (κ2) is 5.51. The summed E-state index contributed by atoms with van der Waals surface area (Å²) >= 11 is 0. The number of carbonyl (C=O) groups excluding carboxylic acids is 1. The van der Waals surface area contributed by atoms with Crippen molar-refractivity contribution in [1.29, 1.82) is 0 Å². The fourth-order valence-electron chi connectivity index (χ4n) is 1.93. The molecule has 4 heteroatoms. The van der Waals surface area contributed by atoms with Gasteiger partial charge in [0.1, 0.15) is 0 Å². The van der Waals surface area contributed by atoms with Crippen LogP contribution in [-0.2, 0) is 9.59 Å².